The summed E-state index contributed by atoms with van der Waals surface area (Å²) in [5.74, 6) is 0.922. The van der Waals surface area contributed by atoms with Gasteiger partial charge in [0.2, 0.25) is 0 Å². The topological polar surface area (TPSA) is 72.0 Å². The number of hydrogen-bond donors (Lipinski definition) is 1. The number of fused-ring (bicyclic) bond motifs is 1. The van der Waals surface area contributed by atoms with Gasteiger partial charge in [-0.1, -0.05) is 30.3 Å². The molecule has 0 bridgehead atoms. The van der Waals surface area contributed by atoms with E-state index in [9.17, 15) is 9.59 Å². The number of Topliss-reactive ketones (excluding diaryl/α,β-unsaturated/α-hetero) is 1. The molecule has 0 unspecified atom stereocenters. The second-order valence-corrected chi connectivity index (χ2v) is 6.37. The van der Waals surface area contributed by atoms with Crippen molar-refractivity contribution in [3.05, 3.63) is 52.7 Å². The first-order valence-electron chi connectivity index (χ1n) is 7.68. The number of hydrogen-bond acceptors (Lipinski definition) is 6. The van der Waals surface area contributed by atoms with E-state index in [1.807, 2.05) is 30.5 Å². The zero-order valence-electron chi connectivity index (χ0n) is 13.3. The summed E-state index contributed by atoms with van der Waals surface area (Å²) in [5, 5.41) is 6.44. The number of aryl methyl sites for hydroxylation is 2. The molecule has 24 heavy (non-hydrogen) atoms. The van der Waals surface area contributed by atoms with E-state index in [2.05, 4.69) is 27.4 Å². The highest BCUT2D eigenvalue weighted by molar-refractivity contribution is 7.17. The Morgan fingerprint density at radius 3 is 2.79 bits per heavy atom. The van der Waals surface area contributed by atoms with E-state index in [0.717, 1.165) is 27.2 Å². The fourth-order valence-corrected chi connectivity index (χ4v) is 3.38. The Bertz CT molecular complexity index is 875. The van der Waals surface area contributed by atoms with Crippen LogP contribution in [0.3, 0.4) is 0 Å². The Balaban J connectivity index is 1.87. The van der Waals surface area contributed by atoms with Gasteiger partial charge in [0.15, 0.2) is 12.1 Å². The molecule has 6 heteroatoms. The molecule has 3 rings (SSSR count). The van der Waals surface area contributed by atoms with E-state index >= 15 is 0 Å². The van der Waals surface area contributed by atoms with Crippen LogP contribution in [0.25, 0.3) is 10.2 Å². The molecule has 2 aromatic heterocycles. The highest BCUT2D eigenvalue weighted by Gasteiger charge is 2.13. The van der Waals surface area contributed by atoms with Gasteiger partial charge in [0.1, 0.15) is 16.5 Å². The van der Waals surface area contributed by atoms with Gasteiger partial charge >= 0.3 is 0 Å². The maximum atomic E-state index is 11.2. The van der Waals surface area contributed by atoms with E-state index in [-0.39, 0.29) is 6.42 Å². The molecule has 0 aliphatic carbocycles. The molecule has 2 heterocycles. The Labute approximate surface area is 143 Å². The molecule has 0 aliphatic heterocycles. The van der Waals surface area contributed by atoms with Crippen LogP contribution < -0.4 is 5.32 Å². The SMILES string of the molecule is Cc1csc2nc(CCC(=O)C=O)nc(NCc3ccccc3)c12. The molecule has 5 nitrogen and oxygen atoms in total. The van der Waals surface area contributed by atoms with Crippen molar-refractivity contribution < 1.29 is 9.59 Å². The van der Waals surface area contributed by atoms with Crippen molar-refractivity contribution in [3.63, 3.8) is 0 Å². The van der Waals surface area contributed by atoms with Crippen LogP contribution in [0.4, 0.5) is 5.82 Å². The van der Waals surface area contributed by atoms with Gasteiger partial charge in [-0.25, -0.2) is 9.97 Å². The van der Waals surface area contributed by atoms with E-state index in [4.69, 9.17) is 0 Å². The molecule has 0 saturated heterocycles. The number of rotatable bonds is 7. The first-order valence-corrected chi connectivity index (χ1v) is 8.56. The third kappa shape index (κ3) is 3.65. The van der Waals surface area contributed by atoms with E-state index < -0.39 is 5.78 Å². The minimum absolute atomic E-state index is 0.136. The van der Waals surface area contributed by atoms with Crippen molar-refractivity contribution in [3.8, 4) is 0 Å². The summed E-state index contributed by atoms with van der Waals surface area (Å²) < 4.78 is 0. The second kappa shape index (κ2) is 7.31. The van der Waals surface area contributed by atoms with Crippen molar-refractivity contribution in [1.82, 2.24) is 9.97 Å². The standard InChI is InChI=1S/C18H17N3O2S/c1-12-11-24-18-16(12)17(19-9-13-5-3-2-4-6-13)20-15(21-18)8-7-14(23)10-22/h2-6,10-11H,7-9H2,1H3,(H,19,20,21). The highest BCUT2D eigenvalue weighted by atomic mass is 32.1. The summed E-state index contributed by atoms with van der Waals surface area (Å²) in [7, 11) is 0. The lowest BCUT2D eigenvalue weighted by Crippen LogP contribution is -2.07. The Morgan fingerprint density at radius 1 is 1.25 bits per heavy atom. The number of thiophene rings is 1. The quantitative estimate of drug-likeness (QED) is 0.528. The predicted molar refractivity (Wildman–Crippen MR) is 95.3 cm³/mol. The second-order valence-electron chi connectivity index (χ2n) is 5.51. The summed E-state index contributed by atoms with van der Waals surface area (Å²) in [4.78, 5) is 31.7. The number of carbonyl (C=O) groups excluding carboxylic acids is 2. The molecule has 1 N–H and O–H groups in total. The third-order valence-corrected chi connectivity index (χ3v) is 4.68. The van der Waals surface area contributed by atoms with Gasteiger partial charge in [-0.05, 0) is 23.4 Å². The minimum atomic E-state index is -0.431. The number of aromatic nitrogens is 2. The summed E-state index contributed by atoms with van der Waals surface area (Å²) >= 11 is 1.56. The van der Waals surface area contributed by atoms with Gasteiger partial charge in [0.05, 0.1) is 5.39 Å². The smallest absolute Gasteiger partial charge is 0.195 e. The normalized spacial score (nSPS) is 10.7. The number of ketones is 1. The minimum Gasteiger partial charge on any atom is -0.365 e. The lowest BCUT2D eigenvalue weighted by Gasteiger charge is -2.09. The van der Waals surface area contributed by atoms with Crippen molar-refractivity contribution in [1.29, 1.82) is 0 Å². The van der Waals surface area contributed by atoms with E-state index in [0.29, 0.717) is 25.1 Å². The molecule has 1 aromatic carbocycles. The molecule has 0 saturated carbocycles. The average Bonchev–Trinajstić information content (AvgIpc) is 2.99. The summed E-state index contributed by atoms with van der Waals surface area (Å²) in [6, 6.07) is 10.1. The summed E-state index contributed by atoms with van der Waals surface area (Å²) in [5.41, 5.74) is 2.29. The highest BCUT2D eigenvalue weighted by Crippen LogP contribution is 2.29. The van der Waals surface area contributed by atoms with Crippen molar-refractivity contribution in [2.75, 3.05) is 5.32 Å². The van der Waals surface area contributed by atoms with Gasteiger partial charge < -0.3 is 5.32 Å². The Morgan fingerprint density at radius 2 is 2.04 bits per heavy atom. The van der Waals surface area contributed by atoms with Crippen LogP contribution >= 0.6 is 11.3 Å². The first-order chi connectivity index (χ1) is 11.7. The largest absolute Gasteiger partial charge is 0.365 e. The zero-order valence-corrected chi connectivity index (χ0v) is 14.1. The third-order valence-electron chi connectivity index (χ3n) is 3.69. The van der Waals surface area contributed by atoms with Gasteiger partial charge in [-0.15, -0.1) is 11.3 Å². The lowest BCUT2D eigenvalue weighted by atomic mass is 10.2. The average molecular weight is 339 g/mol. The molecular weight excluding hydrogens is 322 g/mol. The van der Waals surface area contributed by atoms with Gasteiger partial charge in [-0.3, -0.25) is 9.59 Å². The monoisotopic (exact) mass is 339 g/mol. The molecule has 0 aliphatic rings. The lowest BCUT2D eigenvalue weighted by molar-refractivity contribution is -0.129. The zero-order chi connectivity index (χ0) is 16.9. The fraction of sp³-hybridized carbons (Fsp3) is 0.222. The van der Waals surface area contributed by atoms with Crippen LogP contribution in [0.15, 0.2) is 35.7 Å². The fourth-order valence-electron chi connectivity index (χ4n) is 2.44. The number of anilines is 1. The number of aldehydes is 1. The number of carbonyl (C=O) groups is 2. The van der Waals surface area contributed by atoms with E-state index in [1.165, 1.54) is 0 Å². The molecular formula is C18H17N3O2S. The number of nitrogens with one attached hydrogen (secondary N) is 1. The van der Waals surface area contributed by atoms with Crippen molar-refractivity contribution >= 4 is 39.4 Å². The van der Waals surface area contributed by atoms with Gasteiger partial charge in [0, 0.05) is 19.4 Å². The number of nitrogens with zero attached hydrogens (tertiary/aromatic N) is 2. The van der Waals surface area contributed by atoms with Crippen molar-refractivity contribution in [2.45, 2.75) is 26.3 Å². The summed E-state index contributed by atoms with van der Waals surface area (Å²) in [6.45, 7) is 2.69. The maximum absolute atomic E-state index is 11.2. The van der Waals surface area contributed by atoms with Gasteiger partial charge in [0.25, 0.3) is 0 Å². The molecule has 0 spiro atoms. The predicted octanol–water partition coefficient (Wildman–Crippen LogP) is 3.31. The molecule has 0 amide bonds. The van der Waals surface area contributed by atoms with Crippen LogP contribution in [0.1, 0.15) is 23.4 Å². The molecule has 0 fully saturated rings. The summed E-state index contributed by atoms with van der Waals surface area (Å²) in [6.07, 6.45) is 0.852. The van der Waals surface area contributed by atoms with Crippen molar-refractivity contribution in [2.24, 2.45) is 0 Å². The van der Waals surface area contributed by atoms with Crippen LogP contribution in [-0.2, 0) is 22.6 Å². The Kier molecular flexibility index (Phi) is 4.96. The molecule has 0 atom stereocenters. The van der Waals surface area contributed by atoms with E-state index in [1.54, 1.807) is 11.3 Å². The van der Waals surface area contributed by atoms with Gasteiger partial charge in [-0.2, -0.15) is 0 Å². The molecule has 3 aromatic rings. The van der Waals surface area contributed by atoms with Crippen LogP contribution in [0.2, 0.25) is 0 Å². The van der Waals surface area contributed by atoms with Crippen LogP contribution in [0.5, 0.6) is 0 Å². The van der Waals surface area contributed by atoms with Crippen LogP contribution in [0, 0.1) is 6.92 Å². The maximum Gasteiger partial charge on any atom is 0.195 e. The number of benzene rings is 1. The molecule has 122 valence electrons. The first kappa shape index (κ1) is 16.3. The van der Waals surface area contributed by atoms with Crippen LogP contribution in [-0.4, -0.2) is 22.0 Å². The molecule has 0 radical (unpaired) electrons. The Hall–Kier alpha value is -2.60.